The lowest BCUT2D eigenvalue weighted by Gasteiger charge is -2.08. The van der Waals surface area contributed by atoms with Crippen LogP contribution >= 0.6 is 0 Å². The second-order valence-electron chi connectivity index (χ2n) is 4.53. The van der Waals surface area contributed by atoms with Crippen LogP contribution in [0, 0.1) is 30.6 Å². The number of aryl methyl sites for hydroxylation is 2. The molecule has 1 heteroatoms. The van der Waals surface area contributed by atoms with Crippen molar-refractivity contribution in [3.8, 4) is 29.5 Å². The van der Waals surface area contributed by atoms with Crippen LogP contribution in [0.25, 0.3) is 11.1 Å². The van der Waals surface area contributed by atoms with E-state index in [0.29, 0.717) is 5.56 Å². The zero-order valence-corrected chi connectivity index (χ0v) is 11.0. The Labute approximate surface area is 114 Å². The molecule has 0 saturated heterocycles. The fourth-order valence-electron chi connectivity index (χ4n) is 2.10. The molecule has 0 atom stereocenters. The first-order chi connectivity index (χ1) is 9.24. The van der Waals surface area contributed by atoms with Gasteiger partial charge in [0, 0.05) is 6.42 Å². The van der Waals surface area contributed by atoms with E-state index >= 15 is 0 Å². The number of nitriles is 1. The molecule has 0 spiro atoms. The van der Waals surface area contributed by atoms with Crippen molar-refractivity contribution in [2.45, 2.75) is 19.8 Å². The van der Waals surface area contributed by atoms with Gasteiger partial charge in [-0.15, -0.1) is 12.3 Å². The molecule has 0 amide bonds. The van der Waals surface area contributed by atoms with Crippen molar-refractivity contribution in [2.24, 2.45) is 0 Å². The van der Waals surface area contributed by atoms with Crippen molar-refractivity contribution in [3.63, 3.8) is 0 Å². The molecule has 0 radical (unpaired) electrons. The Morgan fingerprint density at radius 2 is 1.74 bits per heavy atom. The summed E-state index contributed by atoms with van der Waals surface area (Å²) in [7, 11) is 0. The van der Waals surface area contributed by atoms with Crippen molar-refractivity contribution in [2.75, 3.05) is 0 Å². The zero-order valence-electron chi connectivity index (χ0n) is 11.0. The lowest BCUT2D eigenvalue weighted by molar-refractivity contribution is 1.01. The average Bonchev–Trinajstić information content (AvgIpc) is 2.46. The summed E-state index contributed by atoms with van der Waals surface area (Å²) in [6.07, 6.45) is 7.00. The van der Waals surface area contributed by atoms with Crippen LogP contribution in [-0.4, -0.2) is 0 Å². The third kappa shape index (κ3) is 3.03. The van der Waals surface area contributed by atoms with Gasteiger partial charge < -0.3 is 0 Å². The van der Waals surface area contributed by atoms with E-state index in [1.165, 1.54) is 16.7 Å². The SMILES string of the molecule is C#CCCc1ccc(-c2ccc(C#N)cc2)cc1C. The molecule has 0 bridgehead atoms. The van der Waals surface area contributed by atoms with Gasteiger partial charge in [-0.05, 0) is 47.7 Å². The van der Waals surface area contributed by atoms with E-state index in [1.54, 1.807) is 0 Å². The molecule has 0 unspecified atom stereocenters. The summed E-state index contributed by atoms with van der Waals surface area (Å²) in [5.41, 5.74) is 5.55. The molecule has 0 aliphatic rings. The minimum absolute atomic E-state index is 0.686. The second kappa shape index (κ2) is 5.89. The standard InChI is InChI=1S/C18H15N/c1-3-4-5-16-10-11-18(12-14(16)2)17-8-6-15(13-19)7-9-17/h1,6-12H,4-5H2,2H3. The smallest absolute Gasteiger partial charge is 0.0991 e. The molecule has 0 aromatic heterocycles. The van der Waals surface area contributed by atoms with Gasteiger partial charge in [-0.3, -0.25) is 0 Å². The predicted molar refractivity (Wildman–Crippen MR) is 78.5 cm³/mol. The van der Waals surface area contributed by atoms with Gasteiger partial charge in [0.25, 0.3) is 0 Å². The molecule has 0 aliphatic carbocycles. The van der Waals surface area contributed by atoms with Crippen LogP contribution in [0.4, 0.5) is 0 Å². The maximum atomic E-state index is 8.80. The van der Waals surface area contributed by atoms with Crippen molar-refractivity contribution in [3.05, 3.63) is 59.2 Å². The molecule has 0 saturated carbocycles. The third-order valence-electron chi connectivity index (χ3n) is 3.23. The van der Waals surface area contributed by atoms with Crippen LogP contribution in [0.15, 0.2) is 42.5 Å². The van der Waals surface area contributed by atoms with Gasteiger partial charge in [0.2, 0.25) is 0 Å². The molecule has 0 fully saturated rings. The van der Waals surface area contributed by atoms with Crippen LogP contribution in [0.1, 0.15) is 23.1 Å². The highest BCUT2D eigenvalue weighted by Crippen LogP contribution is 2.23. The molecule has 2 aromatic rings. The highest BCUT2D eigenvalue weighted by Gasteiger charge is 2.02. The molecule has 0 heterocycles. The fourth-order valence-corrected chi connectivity index (χ4v) is 2.10. The Hall–Kier alpha value is -2.51. The first-order valence-electron chi connectivity index (χ1n) is 6.28. The minimum atomic E-state index is 0.686. The van der Waals surface area contributed by atoms with Crippen LogP contribution in [0.5, 0.6) is 0 Å². The second-order valence-corrected chi connectivity index (χ2v) is 4.53. The Kier molecular flexibility index (Phi) is 4.01. The number of hydrogen-bond donors (Lipinski definition) is 0. The topological polar surface area (TPSA) is 23.8 Å². The van der Waals surface area contributed by atoms with Crippen LogP contribution < -0.4 is 0 Å². The van der Waals surface area contributed by atoms with Gasteiger partial charge in [-0.1, -0.05) is 30.3 Å². The van der Waals surface area contributed by atoms with Crippen molar-refractivity contribution >= 4 is 0 Å². The maximum absolute atomic E-state index is 8.80. The molecule has 2 rings (SSSR count). The van der Waals surface area contributed by atoms with Crippen LogP contribution in [-0.2, 0) is 6.42 Å². The van der Waals surface area contributed by atoms with E-state index in [2.05, 4.69) is 37.1 Å². The number of hydrogen-bond acceptors (Lipinski definition) is 1. The van der Waals surface area contributed by atoms with E-state index in [0.717, 1.165) is 18.4 Å². The number of benzene rings is 2. The van der Waals surface area contributed by atoms with E-state index < -0.39 is 0 Å². The van der Waals surface area contributed by atoms with Crippen molar-refractivity contribution < 1.29 is 0 Å². The summed E-state index contributed by atoms with van der Waals surface area (Å²) in [6.45, 7) is 2.11. The average molecular weight is 245 g/mol. The van der Waals surface area contributed by atoms with E-state index in [4.69, 9.17) is 11.7 Å². The molecular weight excluding hydrogens is 230 g/mol. The van der Waals surface area contributed by atoms with Crippen molar-refractivity contribution in [1.82, 2.24) is 0 Å². The highest BCUT2D eigenvalue weighted by molar-refractivity contribution is 5.65. The molecular formula is C18H15N. The van der Waals surface area contributed by atoms with Gasteiger partial charge >= 0.3 is 0 Å². The molecule has 0 N–H and O–H groups in total. The predicted octanol–water partition coefficient (Wildman–Crippen LogP) is 4.10. The van der Waals surface area contributed by atoms with Gasteiger partial charge in [0.05, 0.1) is 11.6 Å². The normalized spacial score (nSPS) is 9.63. The molecule has 92 valence electrons. The first-order valence-corrected chi connectivity index (χ1v) is 6.28. The van der Waals surface area contributed by atoms with Gasteiger partial charge in [0.15, 0.2) is 0 Å². The minimum Gasteiger partial charge on any atom is -0.192 e. The van der Waals surface area contributed by atoms with Crippen LogP contribution in [0.3, 0.4) is 0 Å². The number of nitrogens with zero attached hydrogens (tertiary/aromatic N) is 1. The highest BCUT2D eigenvalue weighted by atomic mass is 14.2. The van der Waals surface area contributed by atoms with Crippen molar-refractivity contribution in [1.29, 1.82) is 5.26 Å². The summed E-state index contributed by atoms with van der Waals surface area (Å²) in [5.74, 6) is 2.67. The summed E-state index contributed by atoms with van der Waals surface area (Å²) < 4.78 is 0. The Morgan fingerprint density at radius 1 is 1.05 bits per heavy atom. The number of terminal acetylenes is 1. The van der Waals surface area contributed by atoms with Crippen LogP contribution in [0.2, 0.25) is 0 Å². The molecule has 19 heavy (non-hydrogen) atoms. The fraction of sp³-hybridized carbons (Fsp3) is 0.167. The maximum Gasteiger partial charge on any atom is 0.0991 e. The first kappa shape index (κ1) is 12.9. The lowest BCUT2D eigenvalue weighted by atomic mass is 9.97. The lowest BCUT2D eigenvalue weighted by Crippen LogP contribution is -1.90. The molecule has 2 aromatic carbocycles. The van der Waals surface area contributed by atoms with E-state index in [-0.39, 0.29) is 0 Å². The zero-order chi connectivity index (χ0) is 13.7. The van der Waals surface area contributed by atoms with E-state index in [9.17, 15) is 0 Å². The van der Waals surface area contributed by atoms with Gasteiger partial charge in [-0.2, -0.15) is 5.26 Å². The molecule has 1 nitrogen and oxygen atoms in total. The van der Waals surface area contributed by atoms with E-state index in [1.807, 2.05) is 24.3 Å². The largest absolute Gasteiger partial charge is 0.192 e. The Morgan fingerprint density at radius 3 is 2.32 bits per heavy atom. The van der Waals surface area contributed by atoms with Gasteiger partial charge in [0.1, 0.15) is 0 Å². The summed E-state index contributed by atoms with van der Waals surface area (Å²) >= 11 is 0. The van der Waals surface area contributed by atoms with Gasteiger partial charge in [-0.25, -0.2) is 0 Å². The summed E-state index contributed by atoms with van der Waals surface area (Å²) in [5, 5.41) is 8.80. The number of rotatable bonds is 3. The monoisotopic (exact) mass is 245 g/mol. The summed E-state index contributed by atoms with van der Waals surface area (Å²) in [6, 6.07) is 16.2. The summed E-state index contributed by atoms with van der Waals surface area (Å²) in [4.78, 5) is 0. The Bertz CT molecular complexity index is 652. The quantitative estimate of drug-likeness (QED) is 0.747. The molecule has 0 aliphatic heterocycles. The Balaban J connectivity index is 2.28. The third-order valence-corrected chi connectivity index (χ3v) is 3.23.